The van der Waals surface area contributed by atoms with Gasteiger partial charge in [-0.05, 0) is 128 Å². The number of rotatable bonds is 5. The first-order valence-corrected chi connectivity index (χ1v) is 18.8. The van der Waals surface area contributed by atoms with Gasteiger partial charge in [-0.25, -0.2) is 0 Å². The summed E-state index contributed by atoms with van der Waals surface area (Å²) in [6.07, 6.45) is 4.92. The smallest absolute Gasteiger partial charge is 0.0546 e. The predicted molar refractivity (Wildman–Crippen MR) is 221 cm³/mol. The third-order valence-corrected chi connectivity index (χ3v) is 11.8. The second-order valence-corrected chi connectivity index (χ2v) is 15.1. The van der Waals surface area contributed by atoms with Crippen LogP contribution in [0.15, 0.2) is 164 Å². The number of anilines is 3. The molecular formula is C51H41N. The van der Waals surface area contributed by atoms with Gasteiger partial charge in [-0.3, -0.25) is 0 Å². The van der Waals surface area contributed by atoms with E-state index in [0.717, 1.165) is 5.69 Å². The molecule has 0 aromatic heterocycles. The zero-order valence-corrected chi connectivity index (χ0v) is 29.9. The van der Waals surface area contributed by atoms with E-state index in [-0.39, 0.29) is 5.41 Å². The van der Waals surface area contributed by atoms with Gasteiger partial charge in [0.15, 0.2) is 0 Å². The lowest BCUT2D eigenvalue weighted by atomic mass is 9.80. The van der Waals surface area contributed by atoms with Crippen molar-refractivity contribution in [3.63, 3.8) is 0 Å². The summed E-state index contributed by atoms with van der Waals surface area (Å²) in [7, 11) is 0. The van der Waals surface area contributed by atoms with E-state index in [1.165, 1.54) is 114 Å². The van der Waals surface area contributed by atoms with Gasteiger partial charge in [0, 0.05) is 22.4 Å². The summed E-state index contributed by atoms with van der Waals surface area (Å²) >= 11 is 0. The molecule has 8 aromatic rings. The van der Waals surface area contributed by atoms with Gasteiger partial charge in [0.25, 0.3) is 0 Å². The molecule has 0 saturated carbocycles. The van der Waals surface area contributed by atoms with Gasteiger partial charge < -0.3 is 4.90 Å². The number of aryl methyl sites for hydroxylation is 1. The largest absolute Gasteiger partial charge is 0.310 e. The van der Waals surface area contributed by atoms with Gasteiger partial charge in [-0.15, -0.1) is 0 Å². The molecule has 52 heavy (non-hydrogen) atoms. The van der Waals surface area contributed by atoms with Crippen LogP contribution in [0.2, 0.25) is 0 Å². The Labute approximate surface area is 306 Å². The highest BCUT2D eigenvalue weighted by Gasteiger charge is 2.37. The summed E-state index contributed by atoms with van der Waals surface area (Å²) in [5, 5.41) is 5.14. The van der Waals surface area contributed by atoms with Crippen molar-refractivity contribution in [2.24, 2.45) is 0 Å². The summed E-state index contributed by atoms with van der Waals surface area (Å²) in [5.74, 6) is 0. The van der Waals surface area contributed by atoms with Crippen LogP contribution in [-0.2, 0) is 18.3 Å². The maximum Gasteiger partial charge on any atom is 0.0546 e. The molecule has 0 radical (unpaired) electrons. The van der Waals surface area contributed by atoms with Crippen molar-refractivity contribution in [3.05, 3.63) is 186 Å². The summed E-state index contributed by atoms with van der Waals surface area (Å²) < 4.78 is 0. The van der Waals surface area contributed by atoms with Crippen LogP contribution in [0.3, 0.4) is 0 Å². The number of hydrogen-bond donors (Lipinski definition) is 0. The van der Waals surface area contributed by atoms with Gasteiger partial charge >= 0.3 is 0 Å². The lowest BCUT2D eigenvalue weighted by Crippen LogP contribution is -2.17. The molecule has 2 aliphatic carbocycles. The lowest BCUT2D eigenvalue weighted by Gasteiger charge is -2.31. The fourth-order valence-corrected chi connectivity index (χ4v) is 9.35. The zero-order valence-electron chi connectivity index (χ0n) is 29.9. The van der Waals surface area contributed by atoms with E-state index in [2.05, 4.69) is 183 Å². The van der Waals surface area contributed by atoms with Crippen molar-refractivity contribution >= 4 is 38.6 Å². The second-order valence-electron chi connectivity index (χ2n) is 15.1. The molecule has 10 rings (SSSR count). The summed E-state index contributed by atoms with van der Waals surface area (Å²) in [6.45, 7) is 4.80. The molecule has 0 heterocycles. The van der Waals surface area contributed by atoms with Crippen LogP contribution >= 0.6 is 0 Å². The molecule has 1 heteroatoms. The second kappa shape index (κ2) is 12.1. The Kier molecular flexibility index (Phi) is 7.18. The first-order chi connectivity index (χ1) is 25.6. The molecule has 0 N–H and O–H groups in total. The Morgan fingerprint density at radius 2 is 1.15 bits per heavy atom. The van der Waals surface area contributed by atoms with Gasteiger partial charge in [0.1, 0.15) is 0 Å². The van der Waals surface area contributed by atoms with Crippen molar-refractivity contribution in [1.29, 1.82) is 0 Å². The van der Waals surface area contributed by atoms with Crippen LogP contribution in [-0.4, -0.2) is 0 Å². The number of benzene rings is 8. The SMILES string of the molecule is CC1(C)c2cc(N(c3ccc(-c4cccc5c4CCCC5)cc3)c3ccc4ccccc4c3-c3ccccc3)ccc2-c2ccc3ccccc3c21. The minimum atomic E-state index is -0.158. The highest BCUT2D eigenvalue weighted by molar-refractivity contribution is 6.06. The minimum Gasteiger partial charge on any atom is -0.310 e. The van der Waals surface area contributed by atoms with E-state index in [4.69, 9.17) is 0 Å². The van der Waals surface area contributed by atoms with E-state index in [9.17, 15) is 0 Å². The fraction of sp³-hybridized carbons (Fsp3) is 0.137. The quantitative estimate of drug-likeness (QED) is 0.177. The Hall–Kier alpha value is -5.92. The highest BCUT2D eigenvalue weighted by Crippen LogP contribution is 2.53. The van der Waals surface area contributed by atoms with Crippen LogP contribution in [0.5, 0.6) is 0 Å². The van der Waals surface area contributed by atoms with E-state index >= 15 is 0 Å². The Morgan fingerprint density at radius 3 is 1.98 bits per heavy atom. The third-order valence-electron chi connectivity index (χ3n) is 11.8. The van der Waals surface area contributed by atoms with Gasteiger partial charge in [0.2, 0.25) is 0 Å². The molecule has 1 nitrogen and oxygen atoms in total. The van der Waals surface area contributed by atoms with Crippen LogP contribution in [0.4, 0.5) is 17.1 Å². The first-order valence-electron chi connectivity index (χ1n) is 18.8. The Balaban J connectivity index is 1.19. The number of fused-ring (bicyclic) bond motifs is 7. The van der Waals surface area contributed by atoms with E-state index in [1.807, 2.05) is 0 Å². The van der Waals surface area contributed by atoms with Crippen molar-refractivity contribution in [3.8, 4) is 33.4 Å². The molecule has 0 spiro atoms. The van der Waals surface area contributed by atoms with E-state index in [0.29, 0.717) is 0 Å². The molecule has 2 aliphatic rings. The van der Waals surface area contributed by atoms with Crippen LogP contribution in [0.25, 0.3) is 54.9 Å². The fourth-order valence-electron chi connectivity index (χ4n) is 9.35. The van der Waals surface area contributed by atoms with E-state index < -0.39 is 0 Å². The monoisotopic (exact) mass is 667 g/mol. The summed E-state index contributed by atoms with van der Waals surface area (Å²) in [6, 6.07) is 61.2. The van der Waals surface area contributed by atoms with Crippen LogP contribution in [0, 0.1) is 0 Å². The average molecular weight is 668 g/mol. The van der Waals surface area contributed by atoms with Gasteiger partial charge in [-0.2, -0.15) is 0 Å². The predicted octanol–water partition coefficient (Wildman–Crippen LogP) is 14.0. The summed E-state index contributed by atoms with van der Waals surface area (Å²) in [4.78, 5) is 2.50. The van der Waals surface area contributed by atoms with Crippen molar-refractivity contribution in [2.45, 2.75) is 44.9 Å². The molecule has 0 fully saturated rings. The Morgan fingerprint density at radius 1 is 0.481 bits per heavy atom. The number of nitrogens with zero attached hydrogens (tertiary/aromatic N) is 1. The molecule has 0 amide bonds. The topological polar surface area (TPSA) is 3.24 Å². The maximum atomic E-state index is 2.50. The normalized spacial score (nSPS) is 14.2. The number of hydrogen-bond acceptors (Lipinski definition) is 1. The van der Waals surface area contributed by atoms with Gasteiger partial charge in [-0.1, -0.05) is 147 Å². The minimum absolute atomic E-state index is 0.158. The van der Waals surface area contributed by atoms with Crippen LogP contribution < -0.4 is 4.90 Å². The molecule has 8 aromatic carbocycles. The van der Waals surface area contributed by atoms with E-state index in [1.54, 1.807) is 0 Å². The Bertz CT molecular complexity index is 2650. The summed E-state index contributed by atoms with van der Waals surface area (Å²) in [5.41, 5.74) is 17.0. The molecule has 0 saturated heterocycles. The molecule has 0 aliphatic heterocycles. The standard InChI is InChI=1S/C51H41N/c1-51(2)47-33-40(29-31-45(47)46-30-25-36-15-8-11-21-44(36)50(46)51)52(39-27-23-37(24-28-39)42-22-12-18-34-13-6-9-19-41(34)42)48-32-26-35-14-7-10-20-43(35)49(48)38-16-4-3-5-17-38/h3-5,7-8,10-12,14-18,20-33H,6,9,13,19H2,1-2H3. The zero-order chi connectivity index (χ0) is 34.8. The third kappa shape index (κ3) is 4.83. The van der Waals surface area contributed by atoms with Crippen molar-refractivity contribution in [1.82, 2.24) is 0 Å². The van der Waals surface area contributed by atoms with Crippen molar-refractivity contribution in [2.75, 3.05) is 4.90 Å². The molecule has 0 bridgehead atoms. The van der Waals surface area contributed by atoms with Crippen molar-refractivity contribution < 1.29 is 0 Å². The average Bonchev–Trinajstić information content (AvgIpc) is 3.44. The lowest BCUT2D eigenvalue weighted by molar-refractivity contribution is 0.666. The van der Waals surface area contributed by atoms with Crippen LogP contribution in [0.1, 0.15) is 48.9 Å². The molecular weight excluding hydrogens is 627 g/mol. The molecule has 250 valence electrons. The first kappa shape index (κ1) is 30.9. The maximum absolute atomic E-state index is 2.50. The van der Waals surface area contributed by atoms with Gasteiger partial charge in [0.05, 0.1) is 5.69 Å². The molecule has 0 atom stereocenters. The molecule has 0 unspecified atom stereocenters. The highest BCUT2D eigenvalue weighted by atomic mass is 15.1.